The molecule has 3 aromatic rings. The number of benzene rings is 1. The molecule has 2 N–H and O–H groups in total. The highest BCUT2D eigenvalue weighted by atomic mass is 79.9. The Balaban J connectivity index is 1.62. The van der Waals surface area contributed by atoms with Crippen LogP contribution in [0.4, 0.5) is 0 Å². The Hall–Kier alpha value is -1.90. The summed E-state index contributed by atoms with van der Waals surface area (Å²) in [5, 5.41) is 11.2. The molecule has 0 atom stereocenters. The summed E-state index contributed by atoms with van der Waals surface area (Å²) in [6, 6.07) is 12.1. The van der Waals surface area contributed by atoms with Crippen molar-refractivity contribution in [1.82, 2.24) is 14.8 Å². The highest BCUT2D eigenvalue weighted by Gasteiger charge is 2.16. The molecule has 0 radical (unpaired) electrons. The summed E-state index contributed by atoms with van der Waals surface area (Å²) >= 11 is 6.56. The number of carbonyl (C=O) groups excluding carboxylic acids is 1. The number of thioether (sulfide) groups is 1. The number of amides is 1. The second kappa shape index (κ2) is 9.16. The number of hydrogen-bond donors (Lipinski definition) is 1. The maximum Gasteiger partial charge on any atom is 0.237 e. The number of allylic oxidation sites excluding steroid dienone is 1. The van der Waals surface area contributed by atoms with E-state index in [0.717, 1.165) is 27.1 Å². The van der Waals surface area contributed by atoms with Gasteiger partial charge >= 0.3 is 0 Å². The number of nitrogens with zero attached hydrogens (tertiary/aromatic N) is 3. The molecule has 1 aromatic carbocycles. The average Bonchev–Trinajstić information content (AvgIpc) is 3.26. The van der Waals surface area contributed by atoms with E-state index in [1.54, 1.807) is 27.7 Å². The lowest BCUT2D eigenvalue weighted by atomic mass is 10.2. The maximum atomic E-state index is 11.4. The number of hydrogen-bond acceptors (Lipinski definition) is 5. The van der Waals surface area contributed by atoms with Gasteiger partial charge in [0.1, 0.15) is 6.54 Å². The zero-order valence-corrected chi connectivity index (χ0v) is 17.1. The predicted octanol–water partition coefficient (Wildman–Crippen LogP) is 4.45. The van der Waals surface area contributed by atoms with E-state index >= 15 is 0 Å². The highest BCUT2D eigenvalue weighted by molar-refractivity contribution is 9.10. The molecule has 0 aliphatic heterocycles. The fourth-order valence-corrected chi connectivity index (χ4v) is 4.12. The smallest absolute Gasteiger partial charge is 0.237 e. The van der Waals surface area contributed by atoms with Gasteiger partial charge in [-0.3, -0.25) is 9.36 Å². The molecule has 0 saturated carbocycles. The van der Waals surface area contributed by atoms with Crippen molar-refractivity contribution in [1.29, 1.82) is 0 Å². The van der Waals surface area contributed by atoms with Gasteiger partial charge in [-0.15, -0.1) is 21.5 Å². The third-order valence-corrected chi connectivity index (χ3v) is 5.86. The lowest BCUT2D eigenvalue weighted by Crippen LogP contribution is -2.19. The Kier molecular flexibility index (Phi) is 6.65. The standard InChI is InChI=1S/C18H17BrN4OS2/c19-14-8-6-13(7-9-14)4-1-2-10-26-18-22-21-17(15-5-3-11-25-15)23(18)12-16(20)24/h1,3-9,11H,2,10,12H2,(H2,20,24)/b4-1+. The van der Waals surface area contributed by atoms with Crippen molar-refractivity contribution in [3.05, 3.63) is 57.9 Å². The molecule has 3 rings (SSSR count). The normalized spacial score (nSPS) is 11.3. The molecule has 0 unspecified atom stereocenters. The van der Waals surface area contributed by atoms with E-state index in [0.29, 0.717) is 11.0 Å². The minimum Gasteiger partial charge on any atom is -0.368 e. The number of rotatable bonds is 8. The van der Waals surface area contributed by atoms with Crippen LogP contribution in [0.1, 0.15) is 12.0 Å². The molecule has 2 aromatic heterocycles. The quantitative estimate of drug-likeness (QED) is 0.407. The fourth-order valence-electron chi connectivity index (χ4n) is 2.29. The lowest BCUT2D eigenvalue weighted by molar-refractivity contribution is -0.118. The van der Waals surface area contributed by atoms with Gasteiger partial charge in [0.05, 0.1) is 4.88 Å². The summed E-state index contributed by atoms with van der Waals surface area (Å²) in [6.45, 7) is 0.0807. The first-order valence-electron chi connectivity index (χ1n) is 7.94. The van der Waals surface area contributed by atoms with E-state index < -0.39 is 5.91 Å². The summed E-state index contributed by atoms with van der Waals surface area (Å²) in [5.74, 6) is 1.13. The van der Waals surface area contributed by atoms with Gasteiger partial charge in [0.25, 0.3) is 0 Å². The molecule has 0 saturated heterocycles. The Bertz CT molecular complexity index is 889. The van der Waals surface area contributed by atoms with Crippen molar-refractivity contribution < 1.29 is 4.79 Å². The van der Waals surface area contributed by atoms with E-state index in [2.05, 4.69) is 50.4 Å². The molecule has 0 aliphatic carbocycles. The number of thiophene rings is 1. The van der Waals surface area contributed by atoms with Crippen LogP contribution in [0.25, 0.3) is 16.8 Å². The molecule has 8 heteroatoms. The number of carbonyl (C=O) groups is 1. The van der Waals surface area contributed by atoms with Gasteiger partial charge < -0.3 is 5.73 Å². The van der Waals surface area contributed by atoms with Gasteiger partial charge in [0.2, 0.25) is 5.91 Å². The van der Waals surface area contributed by atoms with Crippen LogP contribution in [0.15, 0.2) is 57.5 Å². The molecule has 134 valence electrons. The summed E-state index contributed by atoms with van der Waals surface area (Å²) in [5.41, 5.74) is 6.55. The number of primary amides is 1. The first kappa shape index (κ1) is 18.9. The van der Waals surface area contributed by atoms with E-state index in [-0.39, 0.29) is 6.54 Å². The minimum absolute atomic E-state index is 0.0807. The molecule has 0 bridgehead atoms. The van der Waals surface area contributed by atoms with Crippen LogP contribution < -0.4 is 5.73 Å². The molecule has 26 heavy (non-hydrogen) atoms. The van der Waals surface area contributed by atoms with Crippen molar-refractivity contribution in [2.24, 2.45) is 5.73 Å². The predicted molar refractivity (Wildman–Crippen MR) is 111 cm³/mol. The summed E-state index contributed by atoms with van der Waals surface area (Å²) in [7, 11) is 0. The number of aromatic nitrogens is 3. The van der Waals surface area contributed by atoms with E-state index in [1.807, 2.05) is 29.6 Å². The van der Waals surface area contributed by atoms with Crippen LogP contribution in [0.3, 0.4) is 0 Å². The van der Waals surface area contributed by atoms with E-state index in [1.165, 1.54) is 0 Å². The zero-order valence-electron chi connectivity index (χ0n) is 13.8. The van der Waals surface area contributed by atoms with Crippen LogP contribution in [-0.4, -0.2) is 26.4 Å². The first-order chi connectivity index (χ1) is 12.6. The monoisotopic (exact) mass is 448 g/mol. The molecule has 0 aliphatic rings. The van der Waals surface area contributed by atoms with Crippen molar-refractivity contribution >= 4 is 51.0 Å². The van der Waals surface area contributed by atoms with Gasteiger partial charge in [-0.25, -0.2) is 0 Å². The first-order valence-corrected chi connectivity index (χ1v) is 10.6. The Labute approximate surface area is 168 Å². The van der Waals surface area contributed by atoms with Crippen molar-refractivity contribution in [3.8, 4) is 10.7 Å². The molecule has 1 amide bonds. The molecule has 0 spiro atoms. The van der Waals surface area contributed by atoms with Crippen LogP contribution in [0.2, 0.25) is 0 Å². The second-order valence-corrected chi connectivity index (χ2v) is 8.35. The number of nitrogens with two attached hydrogens (primary N) is 1. The summed E-state index contributed by atoms with van der Waals surface area (Å²) in [6.07, 6.45) is 5.11. The Morgan fingerprint density at radius 2 is 2.08 bits per heavy atom. The Morgan fingerprint density at radius 3 is 2.77 bits per heavy atom. The lowest BCUT2D eigenvalue weighted by Gasteiger charge is -2.06. The van der Waals surface area contributed by atoms with Crippen LogP contribution in [0, 0.1) is 0 Å². The van der Waals surface area contributed by atoms with Crippen molar-refractivity contribution in [2.75, 3.05) is 5.75 Å². The maximum absolute atomic E-state index is 11.4. The average molecular weight is 449 g/mol. The Morgan fingerprint density at radius 1 is 1.27 bits per heavy atom. The SMILES string of the molecule is NC(=O)Cn1c(SCC/C=C/c2ccc(Br)cc2)nnc1-c1cccs1. The molecular weight excluding hydrogens is 432 g/mol. The molecule has 5 nitrogen and oxygen atoms in total. The van der Waals surface area contributed by atoms with Crippen molar-refractivity contribution in [2.45, 2.75) is 18.1 Å². The largest absolute Gasteiger partial charge is 0.368 e. The molecular formula is C18H17BrN4OS2. The van der Waals surface area contributed by atoms with Gasteiger partial charge in [-0.05, 0) is 35.6 Å². The molecule has 0 fully saturated rings. The summed E-state index contributed by atoms with van der Waals surface area (Å²) in [4.78, 5) is 12.4. The van der Waals surface area contributed by atoms with Crippen molar-refractivity contribution in [3.63, 3.8) is 0 Å². The fraction of sp³-hybridized carbons (Fsp3) is 0.167. The minimum atomic E-state index is -0.403. The van der Waals surface area contributed by atoms with Gasteiger partial charge in [0.15, 0.2) is 11.0 Å². The van der Waals surface area contributed by atoms with Crippen LogP contribution in [-0.2, 0) is 11.3 Å². The third-order valence-electron chi connectivity index (χ3n) is 3.47. The van der Waals surface area contributed by atoms with Gasteiger partial charge in [-0.2, -0.15) is 0 Å². The van der Waals surface area contributed by atoms with E-state index in [4.69, 9.17) is 5.73 Å². The number of halogens is 1. The zero-order chi connectivity index (χ0) is 18.4. The summed E-state index contributed by atoms with van der Waals surface area (Å²) < 4.78 is 2.86. The van der Waals surface area contributed by atoms with Crippen LogP contribution >= 0.6 is 39.0 Å². The van der Waals surface area contributed by atoms with Gasteiger partial charge in [-0.1, -0.05) is 58.0 Å². The van der Waals surface area contributed by atoms with Crippen LogP contribution in [0.5, 0.6) is 0 Å². The molecule has 2 heterocycles. The topological polar surface area (TPSA) is 73.8 Å². The van der Waals surface area contributed by atoms with Gasteiger partial charge in [0, 0.05) is 10.2 Å². The van der Waals surface area contributed by atoms with E-state index in [9.17, 15) is 4.79 Å². The second-order valence-electron chi connectivity index (χ2n) is 5.43. The highest BCUT2D eigenvalue weighted by Crippen LogP contribution is 2.27. The third kappa shape index (κ3) is 5.06.